The van der Waals surface area contributed by atoms with Crippen LogP contribution >= 0.6 is 0 Å². The Bertz CT molecular complexity index is 1390. The first-order chi connectivity index (χ1) is 16.2. The van der Waals surface area contributed by atoms with Crippen molar-refractivity contribution in [1.82, 2.24) is 20.2 Å². The van der Waals surface area contributed by atoms with Gasteiger partial charge in [-0.25, -0.2) is 9.78 Å². The minimum Gasteiger partial charge on any atom is -0.462 e. The predicted octanol–water partition coefficient (Wildman–Crippen LogP) is 5.35. The van der Waals surface area contributed by atoms with Gasteiger partial charge in [0.1, 0.15) is 11.5 Å². The average molecular weight is 438 g/mol. The van der Waals surface area contributed by atoms with Crippen LogP contribution in [0.15, 0.2) is 72.8 Å². The van der Waals surface area contributed by atoms with Gasteiger partial charge >= 0.3 is 5.97 Å². The number of fused-ring (bicyclic) bond motifs is 2. The summed E-state index contributed by atoms with van der Waals surface area (Å²) in [5, 5.41) is 14.2. The molecule has 0 bridgehead atoms. The summed E-state index contributed by atoms with van der Waals surface area (Å²) in [4.78, 5) is 20.0. The van der Waals surface area contributed by atoms with Gasteiger partial charge in [0, 0.05) is 16.3 Å². The van der Waals surface area contributed by atoms with Gasteiger partial charge in [0.05, 0.1) is 29.7 Å². The maximum absolute atomic E-state index is 12.1. The molecule has 0 aliphatic carbocycles. The number of ether oxygens (including phenoxy) is 1. The van der Waals surface area contributed by atoms with Gasteiger partial charge in [-0.3, -0.25) is 0 Å². The second kappa shape index (κ2) is 9.08. The van der Waals surface area contributed by atoms with Crippen LogP contribution in [0.3, 0.4) is 0 Å². The van der Waals surface area contributed by atoms with Crippen molar-refractivity contribution in [3.63, 3.8) is 0 Å². The van der Waals surface area contributed by atoms with Crippen LogP contribution in [-0.2, 0) is 11.3 Å². The number of carbonyl (C=O) groups is 1. The Morgan fingerprint density at radius 1 is 0.939 bits per heavy atom. The zero-order valence-electron chi connectivity index (χ0n) is 18.2. The minimum absolute atomic E-state index is 0.315. The summed E-state index contributed by atoms with van der Waals surface area (Å²) in [5.74, 6) is 1.20. The van der Waals surface area contributed by atoms with E-state index in [4.69, 9.17) is 4.74 Å². The summed E-state index contributed by atoms with van der Waals surface area (Å²) in [6.45, 7) is 2.88. The Morgan fingerprint density at radius 2 is 1.70 bits per heavy atom. The van der Waals surface area contributed by atoms with E-state index in [0.29, 0.717) is 24.5 Å². The molecule has 2 heterocycles. The monoisotopic (exact) mass is 437 g/mol. The van der Waals surface area contributed by atoms with Gasteiger partial charge in [0.15, 0.2) is 5.82 Å². The molecule has 2 aromatic heterocycles. The quantitative estimate of drug-likeness (QED) is 0.333. The normalized spacial score (nSPS) is 11.1. The number of nitrogens with zero attached hydrogens (tertiary/aromatic N) is 3. The highest BCUT2D eigenvalue weighted by Crippen LogP contribution is 2.30. The Balaban J connectivity index is 1.41. The molecule has 0 radical (unpaired) electrons. The highest BCUT2D eigenvalue weighted by Gasteiger charge is 2.13. The first kappa shape index (κ1) is 20.6. The summed E-state index contributed by atoms with van der Waals surface area (Å²) in [7, 11) is 0. The lowest BCUT2D eigenvalue weighted by Crippen LogP contribution is -2.06. The van der Waals surface area contributed by atoms with Crippen LogP contribution in [-0.4, -0.2) is 32.7 Å². The van der Waals surface area contributed by atoms with Gasteiger partial charge in [-0.15, -0.1) is 10.2 Å². The lowest BCUT2D eigenvalue weighted by atomic mass is 10.0. The van der Waals surface area contributed by atoms with E-state index in [1.807, 2.05) is 67.6 Å². The highest BCUT2D eigenvalue weighted by atomic mass is 16.5. The summed E-state index contributed by atoms with van der Waals surface area (Å²) >= 11 is 0. The summed E-state index contributed by atoms with van der Waals surface area (Å²) in [6.07, 6.45) is 0.794. The van der Waals surface area contributed by atoms with Crippen LogP contribution in [0.5, 0.6) is 0 Å². The number of para-hydroxylation sites is 2. The first-order valence-electron chi connectivity index (χ1n) is 10.9. The zero-order chi connectivity index (χ0) is 22.6. The number of carbonyl (C=O) groups excluding carboxylic acids is 1. The Hall–Kier alpha value is -4.26. The molecule has 3 aromatic carbocycles. The second-order valence-electron chi connectivity index (χ2n) is 7.71. The second-order valence-corrected chi connectivity index (χ2v) is 7.71. The lowest BCUT2D eigenvalue weighted by Gasteiger charge is -2.11. The highest BCUT2D eigenvalue weighted by molar-refractivity contribution is 6.00. The number of hydrogen-bond donors (Lipinski definition) is 2. The SMILES string of the molecule is CCCOC(=O)c1ccc(-c2nnc(NCc3nc4ccccc4[nH]3)c3ccccc23)cc1. The van der Waals surface area contributed by atoms with Crippen LogP contribution in [0.2, 0.25) is 0 Å². The van der Waals surface area contributed by atoms with Crippen LogP contribution < -0.4 is 5.32 Å². The van der Waals surface area contributed by atoms with Crippen molar-refractivity contribution in [1.29, 1.82) is 0 Å². The molecular weight excluding hydrogens is 414 g/mol. The number of esters is 1. The summed E-state index contributed by atoms with van der Waals surface area (Å²) in [5.41, 5.74) is 4.10. The summed E-state index contributed by atoms with van der Waals surface area (Å²) < 4.78 is 5.21. The molecule has 7 nitrogen and oxygen atoms in total. The maximum Gasteiger partial charge on any atom is 0.338 e. The smallest absolute Gasteiger partial charge is 0.338 e. The van der Waals surface area contributed by atoms with Crippen molar-refractivity contribution in [3.05, 3.63) is 84.2 Å². The number of aromatic nitrogens is 4. The molecule has 0 saturated carbocycles. The third-order valence-corrected chi connectivity index (χ3v) is 5.38. The van der Waals surface area contributed by atoms with Crippen LogP contribution in [0, 0.1) is 0 Å². The lowest BCUT2D eigenvalue weighted by molar-refractivity contribution is 0.0505. The van der Waals surface area contributed by atoms with Crippen LogP contribution in [0.4, 0.5) is 5.82 Å². The minimum atomic E-state index is -0.315. The van der Waals surface area contributed by atoms with E-state index in [1.165, 1.54) is 0 Å². The van der Waals surface area contributed by atoms with Crippen molar-refractivity contribution in [2.75, 3.05) is 11.9 Å². The summed E-state index contributed by atoms with van der Waals surface area (Å²) in [6, 6.07) is 23.2. The maximum atomic E-state index is 12.1. The Kier molecular flexibility index (Phi) is 5.68. The van der Waals surface area contributed by atoms with Gasteiger partial charge in [-0.1, -0.05) is 55.5 Å². The number of imidazole rings is 1. The predicted molar refractivity (Wildman–Crippen MR) is 129 cm³/mol. The number of hydrogen-bond acceptors (Lipinski definition) is 6. The van der Waals surface area contributed by atoms with E-state index in [2.05, 4.69) is 25.5 Å². The van der Waals surface area contributed by atoms with E-state index < -0.39 is 0 Å². The Morgan fingerprint density at radius 3 is 2.48 bits per heavy atom. The number of anilines is 1. The van der Waals surface area contributed by atoms with Crippen molar-refractivity contribution in [2.24, 2.45) is 0 Å². The van der Waals surface area contributed by atoms with Crippen LogP contribution in [0.1, 0.15) is 29.5 Å². The van der Waals surface area contributed by atoms with Crippen molar-refractivity contribution in [2.45, 2.75) is 19.9 Å². The molecule has 0 atom stereocenters. The van der Waals surface area contributed by atoms with E-state index in [-0.39, 0.29) is 5.97 Å². The number of benzene rings is 3. The van der Waals surface area contributed by atoms with Crippen LogP contribution in [0.25, 0.3) is 33.1 Å². The number of aromatic amines is 1. The fourth-order valence-electron chi connectivity index (χ4n) is 3.75. The van der Waals surface area contributed by atoms with E-state index in [0.717, 1.165) is 45.3 Å². The van der Waals surface area contributed by atoms with Gasteiger partial charge in [-0.2, -0.15) is 0 Å². The van der Waals surface area contributed by atoms with Gasteiger partial charge in [0.25, 0.3) is 0 Å². The number of H-pyrrole nitrogens is 1. The fraction of sp³-hybridized carbons (Fsp3) is 0.154. The van der Waals surface area contributed by atoms with E-state index >= 15 is 0 Å². The first-order valence-corrected chi connectivity index (χ1v) is 10.9. The molecule has 5 aromatic rings. The molecule has 5 rings (SSSR count). The molecule has 164 valence electrons. The molecule has 33 heavy (non-hydrogen) atoms. The molecule has 7 heteroatoms. The number of rotatable bonds is 7. The molecule has 0 unspecified atom stereocenters. The molecule has 0 aliphatic heterocycles. The molecule has 0 spiro atoms. The van der Waals surface area contributed by atoms with Crippen molar-refractivity contribution >= 4 is 33.6 Å². The third kappa shape index (κ3) is 4.25. The number of nitrogens with one attached hydrogen (secondary N) is 2. The topological polar surface area (TPSA) is 92.8 Å². The molecule has 0 fully saturated rings. The van der Waals surface area contributed by atoms with Gasteiger partial charge in [-0.05, 0) is 30.7 Å². The average Bonchev–Trinajstić information content (AvgIpc) is 3.29. The molecule has 2 N–H and O–H groups in total. The standard InChI is InChI=1S/C26H23N5O2/c1-2-15-33-26(32)18-13-11-17(12-14-18)24-19-7-3-4-8-20(19)25(31-30-24)27-16-23-28-21-9-5-6-10-22(21)29-23/h3-14H,2,15-16H2,1H3,(H,27,31)(H,28,29). The third-order valence-electron chi connectivity index (χ3n) is 5.38. The molecule has 0 amide bonds. The van der Waals surface area contributed by atoms with Gasteiger partial charge < -0.3 is 15.0 Å². The largest absolute Gasteiger partial charge is 0.462 e. The molecule has 0 aliphatic rings. The Labute approximate surface area is 190 Å². The van der Waals surface area contributed by atoms with Crippen molar-refractivity contribution < 1.29 is 9.53 Å². The van der Waals surface area contributed by atoms with E-state index in [1.54, 1.807) is 12.1 Å². The zero-order valence-corrected chi connectivity index (χ0v) is 18.2. The van der Waals surface area contributed by atoms with E-state index in [9.17, 15) is 4.79 Å². The fourth-order valence-corrected chi connectivity index (χ4v) is 3.75. The molecule has 0 saturated heterocycles. The molecular formula is C26H23N5O2. The van der Waals surface area contributed by atoms with Crippen molar-refractivity contribution in [3.8, 4) is 11.3 Å². The van der Waals surface area contributed by atoms with Gasteiger partial charge in [0.2, 0.25) is 0 Å².